The second kappa shape index (κ2) is 5.94. The summed E-state index contributed by atoms with van der Waals surface area (Å²) in [5.74, 6) is -1.17. The molecule has 7 heteroatoms. The highest BCUT2D eigenvalue weighted by Gasteiger charge is 2.26. The summed E-state index contributed by atoms with van der Waals surface area (Å²) < 4.78 is 6.68. The van der Waals surface area contributed by atoms with Crippen LogP contribution in [0.2, 0.25) is 0 Å². The molecule has 0 fully saturated rings. The van der Waals surface area contributed by atoms with Gasteiger partial charge in [0, 0.05) is 17.8 Å². The van der Waals surface area contributed by atoms with Crippen molar-refractivity contribution in [3.05, 3.63) is 18.0 Å². The van der Waals surface area contributed by atoms with Crippen LogP contribution in [-0.2, 0) is 9.53 Å². The van der Waals surface area contributed by atoms with Gasteiger partial charge < -0.3 is 15.2 Å². The molecular formula is C13H21N3O4. The van der Waals surface area contributed by atoms with Crippen LogP contribution in [0.25, 0.3) is 0 Å². The third kappa shape index (κ3) is 4.56. The monoisotopic (exact) mass is 283 g/mol. The van der Waals surface area contributed by atoms with Crippen LogP contribution in [-0.4, -0.2) is 32.6 Å². The Morgan fingerprint density at radius 3 is 2.40 bits per heavy atom. The molecule has 1 aromatic rings. The fourth-order valence-corrected chi connectivity index (χ4v) is 1.50. The lowest BCUT2D eigenvalue weighted by atomic mass is 10.1. The van der Waals surface area contributed by atoms with Gasteiger partial charge in [-0.15, -0.1) is 0 Å². The van der Waals surface area contributed by atoms with Gasteiger partial charge in [0.2, 0.25) is 0 Å². The van der Waals surface area contributed by atoms with Gasteiger partial charge in [-0.2, -0.15) is 5.10 Å². The lowest BCUT2D eigenvalue weighted by molar-refractivity contribution is -0.139. The minimum Gasteiger partial charge on any atom is -0.479 e. The van der Waals surface area contributed by atoms with Gasteiger partial charge in [0.15, 0.2) is 6.04 Å². The number of hydrogen-bond acceptors (Lipinski definition) is 4. The van der Waals surface area contributed by atoms with E-state index >= 15 is 0 Å². The van der Waals surface area contributed by atoms with Crippen LogP contribution in [0.4, 0.5) is 4.79 Å². The predicted molar refractivity (Wildman–Crippen MR) is 72.4 cm³/mol. The standard InChI is InChI=1S/C13H21N3O4/c1-8(2)16-7-9(6-14-16)10(11(17)18)15-12(19)20-13(3,4)5/h6-8,10H,1-5H3,(H,15,19)(H,17,18). The Balaban J connectivity index is 2.84. The van der Waals surface area contributed by atoms with Crippen LogP contribution in [0.1, 0.15) is 52.3 Å². The molecule has 2 N–H and O–H groups in total. The topological polar surface area (TPSA) is 93.5 Å². The van der Waals surface area contributed by atoms with Crippen LogP contribution in [0.5, 0.6) is 0 Å². The molecule has 0 saturated heterocycles. The van der Waals surface area contributed by atoms with Crippen LogP contribution < -0.4 is 5.32 Å². The van der Waals surface area contributed by atoms with Crippen molar-refractivity contribution in [2.45, 2.75) is 52.3 Å². The number of amides is 1. The number of aromatic nitrogens is 2. The highest BCUT2D eigenvalue weighted by molar-refractivity contribution is 5.81. The lowest BCUT2D eigenvalue weighted by Gasteiger charge is -2.21. The maximum Gasteiger partial charge on any atom is 0.408 e. The number of rotatable bonds is 4. The van der Waals surface area contributed by atoms with Gasteiger partial charge in [-0.05, 0) is 34.6 Å². The average molecular weight is 283 g/mol. The number of carboxylic acid groups (broad SMARTS) is 1. The number of nitrogens with one attached hydrogen (secondary N) is 1. The molecule has 1 atom stereocenters. The van der Waals surface area contributed by atoms with Crippen LogP contribution in [0.15, 0.2) is 12.4 Å². The summed E-state index contributed by atoms with van der Waals surface area (Å²) in [4.78, 5) is 22.9. The van der Waals surface area contributed by atoms with Gasteiger partial charge in [0.1, 0.15) is 5.60 Å². The zero-order chi connectivity index (χ0) is 15.5. The van der Waals surface area contributed by atoms with Crippen LogP contribution >= 0.6 is 0 Å². The molecule has 1 amide bonds. The SMILES string of the molecule is CC(C)n1cc(C(NC(=O)OC(C)(C)C)C(=O)O)cn1. The molecule has 0 aliphatic heterocycles. The molecule has 1 aromatic heterocycles. The molecule has 112 valence electrons. The zero-order valence-electron chi connectivity index (χ0n) is 12.4. The Bertz CT molecular complexity index is 488. The van der Waals surface area contributed by atoms with Crippen molar-refractivity contribution in [3.63, 3.8) is 0 Å². The number of carbonyl (C=O) groups excluding carboxylic acids is 1. The molecule has 0 bridgehead atoms. The van der Waals surface area contributed by atoms with E-state index in [1.165, 1.54) is 6.20 Å². The van der Waals surface area contributed by atoms with E-state index in [1.54, 1.807) is 31.6 Å². The molecule has 0 saturated carbocycles. The summed E-state index contributed by atoms with van der Waals surface area (Å²) in [7, 11) is 0. The molecule has 1 heterocycles. The quantitative estimate of drug-likeness (QED) is 0.882. The van der Waals surface area contributed by atoms with E-state index in [2.05, 4.69) is 10.4 Å². The van der Waals surface area contributed by atoms with Gasteiger partial charge in [-0.25, -0.2) is 9.59 Å². The summed E-state index contributed by atoms with van der Waals surface area (Å²) >= 11 is 0. The molecule has 0 aliphatic rings. The third-order valence-electron chi connectivity index (χ3n) is 2.39. The zero-order valence-corrected chi connectivity index (χ0v) is 12.4. The van der Waals surface area contributed by atoms with E-state index in [4.69, 9.17) is 4.74 Å². The molecule has 20 heavy (non-hydrogen) atoms. The number of hydrogen-bond donors (Lipinski definition) is 2. The van der Waals surface area contributed by atoms with Gasteiger partial charge in [-0.1, -0.05) is 0 Å². The number of carbonyl (C=O) groups is 2. The van der Waals surface area contributed by atoms with Crippen molar-refractivity contribution in [2.75, 3.05) is 0 Å². The van der Waals surface area contributed by atoms with E-state index in [0.29, 0.717) is 5.56 Å². The normalized spacial score (nSPS) is 13.1. The largest absolute Gasteiger partial charge is 0.479 e. The van der Waals surface area contributed by atoms with Crippen molar-refractivity contribution in [1.82, 2.24) is 15.1 Å². The van der Waals surface area contributed by atoms with E-state index < -0.39 is 23.7 Å². The van der Waals surface area contributed by atoms with Gasteiger partial charge in [0.25, 0.3) is 0 Å². The fraction of sp³-hybridized carbons (Fsp3) is 0.615. The summed E-state index contributed by atoms with van der Waals surface area (Å²) in [5, 5.41) is 15.6. The highest BCUT2D eigenvalue weighted by atomic mass is 16.6. The second-order valence-corrected chi connectivity index (χ2v) is 5.76. The molecular weight excluding hydrogens is 262 g/mol. The Labute approximate surface area is 117 Å². The summed E-state index contributed by atoms with van der Waals surface area (Å²) in [6.07, 6.45) is 2.25. The first-order valence-corrected chi connectivity index (χ1v) is 6.36. The molecule has 0 aromatic carbocycles. The van der Waals surface area contributed by atoms with E-state index in [-0.39, 0.29) is 6.04 Å². The molecule has 0 radical (unpaired) electrons. The minimum atomic E-state index is -1.18. The second-order valence-electron chi connectivity index (χ2n) is 5.76. The van der Waals surface area contributed by atoms with E-state index in [1.807, 2.05) is 13.8 Å². The Hall–Kier alpha value is -2.05. The number of nitrogens with zero attached hydrogens (tertiary/aromatic N) is 2. The van der Waals surface area contributed by atoms with Gasteiger partial charge in [-0.3, -0.25) is 4.68 Å². The third-order valence-corrected chi connectivity index (χ3v) is 2.39. The first-order valence-electron chi connectivity index (χ1n) is 6.36. The molecule has 1 unspecified atom stereocenters. The van der Waals surface area contributed by atoms with Gasteiger partial charge >= 0.3 is 12.1 Å². The Kier molecular flexibility index (Phi) is 4.75. The van der Waals surface area contributed by atoms with Crippen molar-refractivity contribution in [3.8, 4) is 0 Å². The lowest BCUT2D eigenvalue weighted by Crippen LogP contribution is -2.37. The first-order chi connectivity index (χ1) is 9.10. The summed E-state index contributed by atoms with van der Waals surface area (Å²) in [6.45, 7) is 8.97. The smallest absolute Gasteiger partial charge is 0.408 e. The number of aliphatic carboxylic acids is 1. The van der Waals surface area contributed by atoms with Crippen molar-refractivity contribution < 1.29 is 19.4 Å². The number of ether oxygens (including phenoxy) is 1. The number of alkyl carbamates (subject to hydrolysis) is 1. The Morgan fingerprint density at radius 1 is 1.40 bits per heavy atom. The minimum absolute atomic E-state index is 0.111. The van der Waals surface area contributed by atoms with Crippen LogP contribution in [0.3, 0.4) is 0 Å². The molecule has 1 rings (SSSR count). The average Bonchev–Trinajstić information content (AvgIpc) is 2.71. The summed E-state index contributed by atoms with van der Waals surface area (Å²) in [5.41, 5.74) is -0.285. The van der Waals surface area contributed by atoms with Gasteiger partial charge in [0.05, 0.1) is 6.20 Å². The van der Waals surface area contributed by atoms with Crippen molar-refractivity contribution in [2.24, 2.45) is 0 Å². The highest BCUT2D eigenvalue weighted by Crippen LogP contribution is 2.16. The number of carboxylic acids is 1. The maximum atomic E-state index is 11.7. The van der Waals surface area contributed by atoms with Crippen LogP contribution in [0, 0.1) is 0 Å². The predicted octanol–water partition coefficient (Wildman–Crippen LogP) is 2.11. The first kappa shape index (κ1) is 16.0. The van der Waals surface area contributed by atoms with E-state index in [9.17, 15) is 14.7 Å². The van der Waals surface area contributed by atoms with Crippen molar-refractivity contribution >= 4 is 12.1 Å². The van der Waals surface area contributed by atoms with Crippen molar-refractivity contribution in [1.29, 1.82) is 0 Å². The fourth-order valence-electron chi connectivity index (χ4n) is 1.50. The Morgan fingerprint density at radius 2 is 2.00 bits per heavy atom. The molecule has 0 spiro atoms. The summed E-state index contributed by atoms with van der Waals surface area (Å²) in [6, 6.07) is -1.07. The van der Waals surface area contributed by atoms with E-state index in [0.717, 1.165) is 0 Å². The molecule has 0 aliphatic carbocycles. The molecule has 7 nitrogen and oxygen atoms in total. The maximum absolute atomic E-state index is 11.7.